The summed E-state index contributed by atoms with van der Waals surface area (Å²) in [7, 11) is 0. The van der Waals surface area contributed by atoms with Gasteiger partial charge < -0.3 is 10.1 Å². The zero-order chi connectivity index (χ0) is 18.2. The van der Waals surface area contributed by atoms with Gasteiger partial charge in [0, 0.05) is 17.4 Å². The quantitative estimate of drug-likeness (QED) is 0.715. The van der Waals surface area contributed by atoms with Crippen molar-refractivity contribution in [3.8, 4) is 0 Å². The number of carbonyl (C=O) groups excluding carboxylic acids is 1. The predicted molar refractivity (Wildman–Crippen MR) is 98.3 cm³/mol. The standard InChI is InChI=1S/C19H25N3O3/c1-4-5-6-16-11-17(23)22-19(21-16)20-15-9-7-14(8-10-15)18(24)25-12-13(2)3/h7-11,13H,4-6,12H2,1-3H3,(H2,20,21,22,23). The summed E-state index contributed by atoms with van der Waals surface area (Å²) < 4.78 is 5.20. The zero-order valence-corrected chi connectivity index (χ0v) is 15.0. The monoisotopic (exact) mass is 343 g/mol. The Kier molecular flexibility index (Phi) is 6.74. The van der Waals surface area contributed by atoms with E-state index in [1.54, 1.807) is 24.3 Å². The van der Waals surface area contributed by atoms with Crippen molar-refractivity contribution in [2.75, 3.05) is 11.9 Å². The normalized spacial score (nSPS) is 10.7. The molecule has 2 rings (SSSR count). The van der Waals surface area contributed by atoms with Crippen LogP contribution in [0.4, 0.5) is 11.6 Å². The first-order valence-corrected chi connectivity index (χ1v) is 8.62. The van der Waals surface area contributed by atoms with Gasteiger partial charge in [-0.25, -0.2) is 9.78 Å². The number of unbranched alkanes of at least 4 members (excludes halogenated alkanes) is 1. The van der Waals surface area contributed by atoms with Gasteiger partial charge in [-0.2, -0.15) is 0 Å². The third kappa shape index (κ3) is 6.06. The number of aromatic nitrogens is 2. The Morgan fingerprint density at radius 3 is 2.64 bits per heavy atom. The van der Waals surface area contributed by atoms with Crippen LogP contribution in [0.3, 0.4) is 0 Å². The molecule has 2 N–H and O–H groups in total. The summed E-state index contributed by atoms with van der Waals surface area (Å²) in [5.41, 5.74) is 1.81. The van der Waals surface area contributed by atoms with E-state index in [9.17, 15) is 9.59 Å². The van der Waals surface area contributed by atoms with Crippen molar-refractivity contribution >= 4 is 17.6 Å². The van der Waals surface area contributed by atoms with E-state index in [1.807, 2.05) is 13.8 Å². The van der Waals surface area contributed by atoms with Gasteiger partial charge in [-0.1, -0.05) is 27.2 Å². The number of anilines is 2. The van der Waals surface area contributed by atoms with Crippen LogP contribution >= 0.6 is 0 Å². The Labute approximate surface area is 147 Å². The lowest BCUT2D eigenvalue weighted by Crippen LogP contribution is -2.12. The largest absolute Gasteiger partial charge is 0.462 e. The van der Waals surface area contributed by atoms with Gasteiger partial charge in [0.25, 0.3) is 5.56 Å². The summed E-state index contributed by atoms with van der Waals surface area (Å²) in [6.07, 6.45) is 2.81. The highest BCUT2D eigenvalue weighted by molar-refractivity contribution is 5.89. The number of aryl methyl sites for hydroxylation is 1. The maximum absolute atomic E-state index is 11.9. The molecule has 0 bridgehead atoms. The van der Waals surface area contributed by atoms with Gasteiger partial charge in [0.2, 0.25) is 5.95 Å². The topological polar surface area (TPSA) is 84.1 Å². The second-order valence-corrected chi connectivity index (χ2v) is 6.38. The molecule has 0 amide bonds. The smallest absolute Gasteiger partial charge is 0.338 e. The van der Waals surface area contributed by atoms with Crippen LogP contribution in [-0.2, 0) is 11.2 Å². The Bertz CT molecular complexity index is 751. The highest BCUT2D eigenvalue weighted by Crippen LogP contribution is 2.15. The lowest BCUT2D eigenvalue weighted by molar-refractivity contribution is 0.0459. The highest BCUT2D eigenvalue weighted by atomic mass is 16.5. The Morgan fingerprint density at radius 2 is 2.00 bits per heavy atom. The molecule has 0 saturated carbocycles. The van der Waals surface area contributed by atoms with Gasteiger partial charge in [0.05, 0.1) is 12.2 Å². The van der Waals surface area contributed by atoms with Crippen LogP contribution in [-0.4, -0.2) is 22.5 Å². The average molecular weight is 343 g/mol. The van der Waals surface area contributed by atoms with Crippen molar-refractivity contribution in [2.24, 2.45) is 5.92 Å². The molecule has 0 saturated heterocycles. The van der Waals surface area contributed by atoms with Crippen molar-refractivity contribution in [1.29, 1.82) is 0 Å². The molecule has 2 aromatic rings. The minimum absolute atomic E-state index is 0.183. The molecule has 0 fully saturated rings. The fourth-order valence-electron chi connectivity index (χ4n) is 2.21. The first-order valence-electron chi connectivity index (χ1n) is 8.62. The van der Waals surface area contributed by atoms with Gasteiger partial charge >= 0.3 is 5.97 Å². The third-order valence-corrected chi connectivity index (χ3v) is 3.51. The van der Waals surface area contributed by atoms with Gasteiger partial charge in [0.15, 0.2) is 0 Å². The Balaban J connectivity index is 2.04. The molecule has 1 aromatic carbocycles. The molecule has 0 atom stereocenters. The van der Waals surface area contributed by atoms with Crippen LogP contribution in [0.1, 0.15) is 49.7 Å². The van der Waals surface area contributed by atoms with E-state index < -0.39 is 0 Å². The lowest BCUT2D eigenvalue weighted by Gasteiger charge is -2.09. The van der Waals surface area contributed by atoms with Crippen LogP contribution in [0.5, 0.6) is 0 Å². The van der Waals surface area contributed by atoms with E-state index in [4.69, 9.17) is 4.74 Å². The number of benzene rings is 1. The van der Waals surface area contributed by atoms with E-state index >= 15 is 0 Å². The van der Waals surface area contributed by atoms with Crippen molar-refractivity contribution < 1.29 is 9.53 Å². The average Bonchev–Trinajstić information content (AvgIpc) is 2.58. The van der Waals surface area contributed by atoms with Gasteiger partial charge in [-0.05, 0) is 43.0 Å². The highest BCUT2D eigenvalue weighted by Gasteiger charge is 2.08. The second kappa shape index (κ2) is 9.01. The van der Waals surface area contributed by atoms with Crippen LogP contribution in [0.2, 0.25) is 0 Å². The van der Waals surface area contributed by atoms with E-state index in [2.05, 4.69) is 22.2 Å². The lowest BCUT2D eigenvalue weighted by atomic mass is 10.2. The van der Waals surface area contributed by atoms with Crippen molar-refractivity contribution in [3.05, 3.63) is 51.9 Å². The fourth-order valence-corrected chi connectivity index (χ4v) is 2.21. The third-order valence-electron chi connectivity index (χ3n) is 3.51. The molecule has 0 unspecified atom stereocenters. The number of ether oxygens (including phenoxy) is 1. The summed E-state index contributed by atoms with van der Waals surface area (Å²) in [4.78, 5) is 30.7. The van der Waals surface area contributed by atoms with Crippen molar-refractivity contribution in [3.63, 3.8) is 0 Å². The SMILES string of the molecule is CCCCc1cc(=O)[nH]c(Nc2ccc(C(=O)OCC(C)C)cc2)n1. The van der Waals surface area contributed by atoms with Gasteiger partial charge in [-0.15, -0.1) is 0 Å². The Morgan fingerprint density at radius 1 is 1.28 bits per heavy atom. The number of hydrogen-bond donors (Lipinski definition) is 2. The van der Waals surface area contributed by atoms with Crippen LogP contribution in [0.15, 0.2) is 35.1 Å². The van der Waals surface area contributed by atoms with E-state index in [0.29, 0.717) is 24.0 Å². The molecule has 0 aliphatic carbocycles. The molecule has 1 aromatic heterocycles. The molecule has 1 heterocycles. The minimum Gasteiger partial charge on any atom is -0.462 e. The number of esters is 1. The molecule has 6 nitrogen and oxygen atoms in total. The van der Waals surface area contributed by atoms with Crippen LogP contribution < -0.4 is 10.9 Å². The molecule has 0 aliphatic rings. The second-order valence-electron chi connectivity index (χ2n) is 6.38. The minimum atomic E-state index is -0.339. The number of carbonyl (C=O) groups is 1. The molecule has 6 heteroatoms. The predicted octanol–water partition coefficient (Wildman–Crippen LogP) is 3.67. The Hall–Kier alpha value is -2.63. The van der Waals surface area contributed by atoms with Crippen molar-refractivity contribution in [2.45, 2.75) is 40.0 Å². The number of nitrogens with zero attached hydrogens (tertiary/aromatic N) is 1. The maximum atomic E-state index is 11.9. The number of aromatic amines is 1. The molecular weight excluding hydrogens is 318 g/mol. The van der Waals surface area contributed by atoms with Gasteiger partial charge in [-0.3, -0.25) is 9.78 Å². The number of hydrogen-bond acceptors (Lipinski definition) is 5. The first-order chi connectivity index (χ1) is 12.0. The molecule has 0 radical (unpaired) electrons. The molecule has 134 valence electrons. The summed E-state index contributed by atoms with van der Waals surface area (Å²) in [6.45, 7) is 6.47. The van der Waals surface area contributed by atoms with E-state index in [0.717, 1.165) is 30.6 Å². The molecular formula is C19H25N3O3. The van der Waals surface area contributed by atoms with E-state index in [1.165, 1.54) is 6.07 Å². The van der Waals surface area contributed by atoms with Crippen LogP contribution in [0, 0.1) is 5.92 Å². The summed E-state index contributed by atoms with van der Waals surface area (Å²) in [5, 5.41) is 3.06. The van der Waals surface area contributed by atoms with E-state index in [-0.39, 0.29) is 11.5 Å². The molecule has 0 spiro atoms. The number of rotatable bonds is 8. The summed E-state index contributed by atoms with van der Waals surface area (Å²) >= 11 is 0. The maximum Gasteiger partial charge on any atom is 0.338 e. The first kappa shape index (κ1) is 18.7. The fraction of sp³-hybridized carbons (Fsp3) is 0.421. The van der Waals surface area contributed by atoms with Crippen LogP contribution in [0.25, 0.3) is 0 Å². The molecule has 0 aliphatic heterocycles. The van der Waals surface area contributed by atoms with Gasteiger partial charge in [0.1, 0.15) is 0 Å². The summed E-state index contributed by atoms with van der Waals surface area (Å²) in [6, 6.07) is 8.40. The summed E-state index contributed by atoms with van der Waals surface area (Å²) in [5.74, 6) is 0.356. The number of nitrogens with one attached hydrogen (secondary N) is 2. The zero-order valence-electron chi connectivity index (χ0n) is 15.0. The van der Waals surface area contributed by atoms with Crippen molar-refractivity contribution in [1.82, 2.24) is 9.97 Å². The number of H-pyrrole nitrogens is 1. The molecule has 25 heavy (non-hydrogen) atoms.